The van der Waals surface area contributed by atoms with Crippen molar-refractivity contribution in [2.45, 2.75) is 44.9 Å². The summed E-state index contributed by atoms with van der Waals surface area (Å²) in [5, 5.41) is 0.275. The lowest BCUT2D eigenvalue weighted by Crippen LogP contribution is -2.44. The van der Waals surface area contributed by atoms with Gasteiger partial charge in [0.1, 0.15) is 10.8 Å². The highest BCUT2D eigenvalue weighted by molar-refractivity contribution is 6.29. The average molecular weight is 294 g/mol. The summed E-state index contributed by atoms with van der Waals surface area (Å²) in [5.41, 5.74) is 0.867. The first-order valence-corrected chi connectivity index (χ1v) is 7.83. The summed E-state index contributed by atoms with van der Waals surface area (Å²) in [5.74, 6) is -0.0364. The molecule has 2 aliphatic rings. The standard InChI is InChI=1S/C15H20ClN3O/c16-13-11-17-10-12(18-13)14(20)19-8-6-15(7-9-19)4-2-1-3-5-15/h10-11H,1-9H2. The second-order valence-electron chi connectivity index (χ2n) is 6.08. The second kappa shape index (κ2) is 5.68. The molecule has 0 radical (unpaired) electrons. The number of halogens is 1. The van der Waals surface area contributed by atoms with Crippen LogP contribution in [0.5, 0.6) is 0 Å². The number of aromatic nitrogens is 2. The van der Waals surface area contributed by atoms with Gasteiger partial charge in [0.25, 0.3) is 5.91 Å². The van der Waals surface area contributed by atoms with E-state index in [-0.39, 0.29) is 11.1 Å². The lowest BCUT2D eigenvalue weighted by molar-refractivity contribution is 0.0467. The molecule has 1 saturated heterocycles. The zero-order valence-electron chi connectivity index (χ0n) is 11.6. The molecule has 5 heteroatoms. The molecule has 0 bridgehead atoms. The van der Waals surface area contributed by atoms with Crippen LogP contribution >= 0.6 is 11.6 Å². The van der Waals surface area contributed by atoms with E-state index in [1.54, 1.807) is 0 Å². The summed E-state index contributed by atoms with van der Waals surface area (Å²) in [6.07, 6.45) is 12.0. The number of amides is 1. The minimum Gasteiger partial charge on any atom is -0.337 e. The van der Waals surface area contributed by atoms with Gasteiger partial charge in [0.15, 0.2) is 0 Å². The molecule has 1 saturated carbocycles. The van der Waals surface area contributed by atoms with Gasteiger partial charge in [0.2, 0.25) is 0 Å². The molecule has 1 aliphatic heterocycles. The third-order valence-corrected chi connectivity index (χ3v) is 5.03. The Morgan fingerprint density at radius 2 is 1.80 bits per heavy atom. The topological polar surface area (TPSA) is 46.1 Å². The molecular formula is C15H20ClN3O. The van der Waals surface area contributed by atoms with Crippen LogP contribution in [0.2, 0.25) is 5.15 Å². The third-order valence-electron chi connectivity index (χ3n) is 4.85. The Kier molecular flexibility index (Phi) is 3.92. The van der Waals surface area contributed by atoms with Crippen LogP contribution in [0.25, 0.3) is 0 Å². The average Bonchev–Trinajstić information content (AvgIpc) is 2.48. The van der Waals surface area contributed by atoms with Gasteiger partial charge in [-0.3, -0.25) is 9.78 Å². The molecule has 0 unspecified atom stereocenters. The van der Waals surface area contributed by atoms with Crippen LogP contribution in [0.15, 0.2) is 12.4 Å². The zero-order valence-corrected chi connectivity index (χ0v) is 12.4. The fourth-order valence-corrected chi connectivity index (χ4v) is 3.74. The molecule has 0 aromatic carbocycles. The Labute approximate surface area is 124 Å². The molecule has 0 N–H and O–H groups in total. The van der Waals surface area contributed by atoms with Crippen molar-refractivity contribution < 1.29 is 4.79 Å². The molecule has 1 aromatic rings. The van der Waals surface area contributed by atoms with Gasteiger partial charge in [0.05, 0.1) is 12.4 Å². The summed E-state index contributed by atoms with van der Waals surface area (Å²) in [6.45, 7) is 1.68. The lowest BCUT2D eigenvalue weighted by atomic mass is 9.68. The fourth-order valence-electron chi connectivity index (χ4n) is 3.59. The quantitative estimate of drug-likeness (QED) is 0.798. The molecule has 1 amide bonds. The number of hydrogen-bond acceptors (Lipinski definition) is 3. The van der Waals surface area contributed by atoms with Crippen molar-refractivity contribution in [3.8, 4) is 0 Å². The third kappa shape index (κ3) is 2.80. The maximum Gasteiger partial charge on any atom is 0.274 e. The van der Waals surface area contributed by atoms with Crippen LogP contribution < -0.4 is 0 Å². The van der Waals surface area contributed by atoms with Gasteiger partial charge < -0.3 is 4.90 Å². The first kappa shape index (κ1) is 13.8. The summed E-state index contributed by atoms with van der Waals surface area (Å²) in [6, 6.07) is 0. The Bertz CT molecular complexity index is 490. The molecule has 1 aromatic heterocycles. The largest absolute Gasteiger partial charge is 0.337 e. The predicted molar refractivity (Wildman–Crippen MR) is 77.7 cm³/mol. The van der Waals surface area contributed by atoms with Crippen molar-refractivity contribution in [2.75, 3.05) is 13.1 Å². The maximum atomic E-state index is 12.4. The molecule has 0 atom stereocenters. The van der Waals surface area contributed by atoms with Gasteiger partial charge >= 0.3 is 0 Å². The molecule has 1 aliphatic carbocycles. The SMILES string of the molecule is O=C(c1cncc(Cl)n1)N1CCC2(CCCCC2)CC1. The van der Waals surface area contributed by atoms with Crippen LogP contribution in [-0.4, -0.2) is 33.9 Å². The van der Waals surface area contributed by atoms with Crippen molar-refractivity contribution in [3.63, 3.8) is 0 Å². The van der Waals surface area contributed by atoms with Crippen LogP contribution in [0.3, 0.4) is 0 Å². The summed E-state index contributed by atoms with van der Waals surface area (Å²) >= 11 is 5.80. The smallest absolute Gasteiger partial charge is 0.274 e. The van der Waals surface area contributed by atoms with Crippen molar-refractivity contribution in [1.82, 2.24) is 14.9 Å². The number of piperidine rings is 1. The van der Waals surface area contributed by atoms with E-state index >= 15 is 0 Å². The number of likely N-dealkylation sites (tertiary alicyclic amines) is 1. The summed E-state index contributed by atoms with van der Waals surface area (Å²) < 4.78 is 0. The number of rotatable bonds is 1. The van der Waals surface area contributed by atoms with Crippen molar-refractivity contribution in [1.29, 1.82) is 0 Å². The van der Waals surface area contributed by atoms with E-state index in [2.05, 4.69) is 9.97 Å². The van der Waals surface area contributed by atoms with Crippen LogP contribution in [-0.2, 0) is 0 Å². The van der Waals surface area contributed by atoms with Crippen LogP contribution in [0, 0.1) is 5.41 Å². The molecule has 4 nitrogen and oxygen atoms in total. The minimum atomic E-state index is -0.0364. The molecule has 2 fully saturated rings. The van der Waals surface area contributed by atoms with E-state index < -0.39 is 0 Å². The van der Waals surface area contributed by atoms with Crippen molar-refractivity contribution in [3.05, 3.63) is 23.2 Å². The monoisotopic (exact) mass is 293 g/mol. The van der Waals surface area contributed by atoms with E-state index in [0.717, 1.165) is 25.9 Å². The molecule has 2 heterocycles. The van der Waals surface area contributed by atoms with Crippen molar-refractivity contribution in [2.24, 2.45) is 5.41 Å². The lowest BCUT2D eigenvalue weighted by Gasteiger charge is -2.44. The summed E-state index contributed by atoms with van der Waals surface area (Å²) in [4.78, 5) is 22.3. The Hall–Kier alpha value is -1.16. The molecule has 3 rings (SSSR count). The fraction of sp³-hybridized carbons (Fsp3) is 0.667. The second-order valence-corrected chi connectivity index (χ2v) is 6.47. The Morgan fingerprint density at radius 3 is 2.45 bits per heavy atom. The predicted octanol–water partition coefficient (Wildman–Crippen LogP) is 3.32. The highest BCUT2D eigenvalue weighted by Gasteiger charge is 2.36. The van der Waals surface area contributed by atoms with Gasteiger partial charge in [-0.2, -0.15) is 0 Å². The first-order chi connectivity index (χ1) is 9.69. The normalized spacial score (nSPS) is 21.9. The molecular weight excluding hydrogens is 274 g/mol. The molecule has 1 spiro atoms. The van der Waals surface area contributed by atoms with Gasteiger partial charge in [-0.15, -0.1) is 0 Å². The number of carbonyl (C=O) groups excluding carboxylic acids is 1. The van der Waals surface area contributed by atoms with Crippen LogP contribution in [0.1, 0.15) is 55.4 Å². The molecule has 20 heavy (non-hydrogen) atoms. The molecule has 108 valence electrons. The van der Waals surface area contributed by atoms with E-state index in [1.165, 1.54) is 44.5 Å². The van der Waals surface area contributed by atoms with E-state index in [4.69, 9.17) is 11.6 Å². The number of carbonyl (C=O) groups is 1. The maximum absolute atomic E-state index is 12.4. The van der Waals surface area contributed by atoms with Gasteiger partial charge in [-0.1, -0.05) is 30.9 Å². The van der Waals surface area contributed by atoms with Crippen LogP contribution in [0.4, 0.5) is 0 Å². The van der Waals surface area contributed by atoms with Gasteiger partial charge in [-0.25, -0.2) is 4.98 Å². The Morgan fingerprint density at radius 1 is 1.10 bits per heavy atom. The highest BCUT2D eigenvalue weighted by atomic mass is 35.5. The van der Waals surface area contributed by atoms with Gasteiger partial charge in [0, 0.05) is 13.1 Å². The Balaban J connectivity index is 1.64. The van der Waals surface area contributed by atoms with E-state index in [9.17, 15) is 4.79 Å². The van der Waals surface area contributed by atoms with E-state index in [1.807, 2.05) is 4.90 Å². The van der Waals surface area contributed by atoms with E-state index in [0.29, 0.717) is 11.1 Å². The summed E-state index contributed by atoms with van der Waals surface area (Å²) in [7, 11) is 0. The first-order valence-electron chi connectivity index (χ1n) is 7.45. The number of hydrogen-bond donors (Lipinski definition) is 0. The highest BCUT2D eigenvalue weighted by Crippen LogP contribution is 2.44. The van der Waals surface area contributed by atoms with Crippen molar-refractivity contribution >= 4 is 17.5 Å². The zero-order chi connectivity index (χ0) is 14.0. The number of nitrogens with zero attached hydrogens (tertiary/aromatic N) is 3. The van der Waals surface area contributed by atoms with Gasteiger partial charge in [-0.05, 0) is 31.1 Å². The minimum absolute atomic E-state index is 0.0364.